The molecule has 0 aromatic heterocycles. The van der Waals surface area contributed by atoms with Gasteiger partial charge in [0.25, 0.3) is 5.91 Å². The van der Waals surface area contributed by atoms with E-state index in [-0.39, 0.29) is 23.9 Å². The Labute approximate surface area is 157 Å². The molecule has 2 heterocycles. The zero-order chi connectivity index (χ0) is 19.4. The fraction of sp³-hybridized carbons (Fsp3) is 0.600. The quantitative estimate of drug-likeness (QED) is 0.777. The molecule has 3 rings (SSSR count). The number of likely N-dealkylation sites (tertiary alicyclic amines) is 2. The number of rotatable bonds is 2. The molecule has 27 heavy (non-hydrogen) atoms. The van der Waals surface area contributed by atoms with Crippen molar-refractivity contribution in [3.8, 4) is 0 Å². The molecule has 7 heteroatoms. The Hall–Kier alpha value is -2.05. The van der Waals surface area contributed by atoms with Crippen LogP contribution in [0.4, 0.5) is 13.2 Å². The van der Waals surface area contributed by atoms with E-state index in [0.29, 0.717) is 13.0 Å². The van der Waals surface area contributed by atoms with Crippen LogP contribution < -0.4 is 0 Å². The van der Waals surface area contributed by atoms with Crippen molar-refractivity contribution in [2.75, 3.05) is 26.2 Å². The van der Waals surface area contributed by atoms with Crippen LogP contribution in [0.25, 0.3) is 0 Å². The van der Waals surface area contributed by atoms with Gasteiger partial charge in [0.1, 0.15) is 0 Å². The average molecular weight is 382 g/mol. The summed E-state index contributed by atoms with van der Waals surface area (Å²) in [5.41, 5.74) is -0.810. The molecular formula is C20H25F3N2O2. The number of hydrogen-bond donors (Lipinski definition) is 0. The second kappa shape index (κ2) is 8.31. The molecule has 0 radical (unpaired) electrons. The number of carbonyl (C=O) groups is 2. The third kappa shape index (κ3) is 4.82. The first-order chi connectivity index (χ1) is 12.9. The summed E-state index contributed by atoms with van der Waals surface area (Å²) in [6.07, 6.45) is 1.21. The van der Waals surface area contributed by atoms with E-state index in [0.717, 1.165) is 57.3 Å². The average Bonchev–Trinajstić information content (AvgIpc) is 2.96. The Kier molecular flexibility index (Phi) is 6.07. The van der Waals surface area contributed by atoms with Crippen LogP contribution in [-0.2, 0) is 11.0 Å². The number of benzene rings is 1. The van der Waals surface area contributed by atoms with Gasteiger partial charge in [0.2, 0.25) is 5.91 Å². The Morgan fingerprint density at radius 2 is 1.59 bits per heavy atom. The van der Waals surface area contributed by atoms with Gasteiger partial charge < -0.3 is 9.80 Å². The molecule has 4 nitrogen and oxygen atoms in total. The highest BCUT2D eigenvalue weighted by atomic mass is 19.4. The summed E-state index contributed by atoms with van der Waals surface area (Å²) in [6, 6.07) is 4.50. The number of halogens is 3. The molecule has 0 saturated carbocycles. The minimum Gasteiger partial charge on any atom is -0.342 e. The summed E-state index contributed by atoms with van der Waals surface area (Å²) in [6.45, 7) is 2.27. The Morgan fingerprint density at radius 3 is 2.26 bits per heavy atom. The zero-order valence-electron chi connectivity index (χ0n) is 15.3. The normalized spacial score (nSPS) is 21.7. The molecular weight excluding hydrogens is 357 g/mol. The molecule has 148 valence electrons. The number of nitrogens with zero attached hydrogens (tertiary/aromatic N) is 2. The van der Waals surface area contributed by atoms with Crippen molar-refractivity contribution >= 4 is 11.8 Å². The van der Waals surface area contributed by atoms with Crippen LogP contribution in [0.15, 0.2) is 24.3 Å². The molecule has 0 aliphatic carbocycles. The molecule has 0 bridgehead atoms. The lowest BCUT2D eigenvalue weighted by Crippen LogP contribution is -2.47. The second-order valence-electron chi connectivity index (χ2n) is 7.41. The molecule has 0 spiro atoms. The molecule has 1 atom stereocenters. The molecule has 2 saturated heterocycles. The molecule has 2 aliphatic rings. The number of piperidine rings is 1. The number of carbonyl (C=O) groups excluding carboxylic acids is 2. The van der Waals surface area contributed by atoms with E-state index in [4.69, 9.17) is 0 Å². The van der Waals surface area contributed by atoms with Crippen molar-refractivity contribution in [1.29, 1.82) is 0 Å². The number of alkyl halides is 3. The van der Waals surface area contributed by atoms with Crippen molar-refractivity contribution in [2.24, 2.45) is 5.92 Å². The third-order valence-corrected chi connectivity index (χ3v) is 5.41. The molecule has 1 unspecified atom stereocenters. The number of amides is 2. The Morgan fingerprint density at radius 1 is 0.926 bits per heavy atom. The maximum Gasteiger partial charge on any atom is 0.416 e. The first-order valence-corrected chi connectivity index (χ1v) is 9.61. The first-order valence-electron chi connectivity index (χ1n) is 9.61. The van der Waals surface area contributed by atoms with Gasteiger partial charge in [0.05, 0.1) is 11.5 Å². The standard InChI is InChI=1S/C20H25F3N2O2/c21-20(22,23)17-9-5-7-15(13-17)18(26)25-12-6-8-16(14-25)19(27)24-10-3-1-2-4-11-24/h5,7,9,13,16H,1-4,6,8,10-12,14H2. The maximum absolute atomic E-state index is 12.9. The first kappa shape index (κ1) is 19.7. The van der Waals surface area contributed by atoms with Crippen molar-refractivity contribution in [3.63, 3.8) is 0 Å². The summed E-state index contributed by atoms with van der Waals surface area (Å²) >= 11 is 0. The predicted octanol–water partition coefficient (Wildman–Crippen LogP) is 3.96. The van der Waals surface area contributed by atoms with E-state index in [1.807, 2.05) is 4.90 Å². The van der Waals surface area contributed by atoms with Crippen LogP contribution in [0.2, 0.25) is 0 Å². The molecule has 1 aromatic carbocycles. The Balaban J connectivity index is 1.68. The van der Waals surface area contributed by atoms with Gasteiger partial charge in [-0.25, -0.2) is 0 Å². The van der Waals surface area contributed by atoms with Gasteiger partial charge >= 0.3 is 6.18 Å². The fourth-order valence-corrected chi connectivity index (χ4v) is 3.92. The van der Waals surface area contributed by atoms with Crippen LogP contribution >= 0.6 is 0 Å². The maximum atomic E-state index is 12.9. The Bertz CT molecular complexity index is 682. The van der Waals surface area contributed by atoms with Gasteiger partial charge in [0.15, 0.2) is 0 Å². The van der Waals surface area contributed by atoms with Crippen LogP contribution in [0, 0.1) is 5.92 Å². The largest absolute Gasteiger partial charge is 0.416 e. The van der Waals surface area contributed by atoms with Gasteiger partial charge in [-0.1, -0.05) is 18.9 Å². The SMILES string of the molecule is O=C(c1cccc(C(F)(F)F)c1)N1CCCC(C(=O)N2CCCCCC2)C1. The van der Waals surface area contributed by atoms with Crippen LogP contribution in [0.1, 0.15) is 54.4 Å². The van der Waals surface area contributed by atoms with Crippen molar-refractivity contribution in [1.82, 2.24) is 9.80 Å². The monoisotopic (exact) mass is 382 g/mol. The van der Waals surface area contributed by atoms with Gasteiger partial charge in [-0.15, -0.1) is 0 Å². The number of hydrogen-bond acceptors (Lipinski definition) is 2. The molecule has 2 aliphatic heterocycles. The van der Waals surface area contributed by atoms with E-state index < -0.39 is 17.6 Å². The summed E-state index contributed by atoms with van der Waals surface area (Å²) < 4.78 is 38.7. The van der Waals surface area contributed by atoms with Gasteiger partial charge in [-0.3, -0.25) is 9.59 Å². The fourth-order valence-electron chi connectivity index (χ4n) is 3.92. The van der Waals surface area contributed by atoms with Gasteiger partial charge in [-0.2, -0.15) is 13.2 Å². The molecule has 2 amide bonds. The molecule has 0 N–H and O–H groups in total. The highest BCUT2D eigenvalue weighted by Gasteiger charge is 2.34. The summed E-state index contributed by atoms with van der Waals surface area (Å²) in [7, 11) is 0. The minimum atomic E-state index is -4.48. The highest BCUT2D eigenvalue weighted by Crippen LogP contribution is 2.30. The van der Waals surface area contributed by atoms with E-state index in [9.17, 15) is 22.8 Å². The summed E-state index contributed by atoms with van der Waals surface area (Å²) in [4.78, 5) is 29.0. The summed E-state index contributed by atoms with van der Waals surface area (Å²) in [5, 5.41) is 0. The zero-order valence-corrected chi connectivity index (χ0v) is 15.3. The minimum absolute atomic E-state index is 0.0210. The highest BCUT2D eigenvalue weighted by molar-refractivity contribution is 5.95. The van der Waals surface area contributed by atoms with E-state index in [2.05, 4.69) is 0 Å². The predicted molar refractivity (Wildman–Crippen MR) is 95.1 cm³/mol. The van der Waals surface area contributed by atoms with Gasteiger partial charge in [0, 0.05) is 31.7 Å². The van der Waals surface area contributed by atoms with E-state index in [1.54, 1.807) is 0 Å². The van der Waals surface area contributed by atoms with Crippen LogP contribution in [0.5, 0.6) is 0 Å². The van der Waals surface area contributed by atoms with Crippen LogP contribution in [-0.4, -0.2) is 47.8 Å². The van der Waals surface area contributed by atoms with Crippen molar-refractivity contribution in [2.45, 2.75) is 44.7 Å². The van der Waals surface area contributed by atoms with Crippen LogP contribution in [0.3, 0.4) is 0 Å². The molecule has 1 aromatic rings. The third-order valence-electron chi connectivity index (χ3n) is 5.41. The lowest BCUT2D eigenvalue weighted by Gasteiger charge is -2.35. The lowest BCUT2D eigenvalue weighted by molar-refractivity contribution is -0.138. The van der Waals surface area contributed by atoms with Gasteiger partial charge in [-0.05, 0) is 43.9 Å². The molecule has 2 fully saturated rings. The lowest BCUT2D eigenvalue weighted by atomic mass is 9.95. The topological polar surface area (TPSA) is 40.6 Å². The van der Waals surface area contributed by atoms with Crippen molar-refractivity contribution in [3.05, 3.63) is 35.4 Å². The van der Waals surface area contributed by atoms with E-state index >= 15 is 0 Å². The summed E-state index contributed by atoms with van der Waals surface area (Å²) in [5.74, 6) is -0.612. The van der Waals surface area contributed by atoms with E-state index in [1.165, 1.54) is 17.0 Å². The second-order valence-corrected chi connectivity index (χ2v) is 7.41. The smallest absolute Gasteiger partial charge is 0.342 e. The van der Waals surface area contributed by atoms with Crippen molar-refractivity contribution < 1.29 is 22.8 Å².